The smallest absolute Gasteiger partial charge is 0.309 e. The van der Waals surface area contributed by atoms with Crippen LogP contribution in [0.2, 0.25) is 0 Å². The molecule has 0 spiro atoms. The molecule has 0 aliphatic carbocycles. The van der Waals surface area contributed by atoms with Crippen molar-refractivity contribution >= 4 is 17.8 Å². The zero-order valence-electron chi connectivity index (χ0n) is 16.7. The zero-order chi connectivity index (χ0) is 20.0. The van der Waals surface area contributed by atoms with Crippen molar-refractivity contribution in [2.75, 3.05) is 19.7 Å². The third-order valence-electron chi connectivity index (χ3n) is 5.04. The molecule has 2 rings (SSSR count). The van der Waals surface area contributed by atoms with Gasteiger partial charge in [0.05, 0.1) is 12.5 Å². The molecule has 0 radical (unpaired) electrons. The van der Waals surface area contributed by atoms with E-state index in [1.807, 2.05) is 39.0 Å². The lowest BCUT2D eigenvalue weighted by molar-refractivity contribution is -0.151. The molecular formula is C21H30N2O4. The molecule has 0 aromatic heterocycles. The Balaban J connectivity index is 2.00. The summed E-state index contributed by atoms with van der Waals surface area (Å²) in [6, 6.07) is 6.74. The van der Waals surface area contributed by atoms with Gasteiger partial charge in [0, 0.05) is 18.7 Å². The Labute approximate surface area is 161 Å². The Morgan fingerprint density at radius 1 is 1.19 bits per heavy atom. The molecule has 0 saturated carbocycles. The molecule has 1 aliphatic heterocycles. The highest BCUT2D eigenvalue weighted by atomic mass is 16.5. The van der Waals surface area contributed by atoms with Crippen molar-refractivity contribution in [2.24, 2.45) is 11.8 Å². The van der Waals surface area contributed by atoms with Gasteiger partial charge in [-0.2, -0.15) is 0 Å². The van der Waals surface area contributed by atoms with Crippen LogP contribution in [-0.4, -0.2) is 48.4 Å². The molecule has 1 aromatic carbocycles. The fourth-order valence-electron chi connectivity index (χ4n) is 3.35. The maximum Gasteiger partial charge on any atom is 0.309 e. The van der Waals surface area contributed by atoms with Gasteiger partial charge < -0.3 is 15.0 Å². The van der Waals surface area contributed by atoms with Crippen LogP contribution in [0.15, 0.2) is 24.3 Å². The maximum absolute atomic E-state index is 13.0. The Bertz CT molecular complexity index is 679. The lowest BCUT2D eigenvalue weighted by Gasteiger charge is -2.34. The number of nitrogens with zero attached hydrogens (tertiary/aromatic N) is 1. The normalized spacial score (nSPS) is 16.1. The van der Waals surface area contributed by atoms with E-state index in [0.29, 0.717) is 38.1 Å². The summed E-state index contributed by atoms with van der Waals surface area (Å²) >= 11 is 0. The second-order valence-corrected chi connectivity index (χ2v) is 7.36. The lowest BCUT2D eigenvalue weighted by atomic mass is 9.95. The van der Waals surface area contributed by atoms with Gasteiger partial charge in [-0.25, -0.2) is 0 Å². The van der Waals surface area contributed by atoms with E-state index in [1.54, 1.807) is 17.9 Å². The van der Waals surface area contributed by atoms with E-state index in [2.05, 4.69) is 5.32 Å². The van der Waals surface area contributed by atoms with E-state index in [-0.39, 0.29) is 29.6 Å². The predicted octanol–water partition coefficient (Wildman–Crippen LogP) is 2.55. The summed E-state index contributed by atoms with van der Waals surface area (Å²) in [5.41, 5.74) is 1.46. The lowest BCUT2D eigenvalue weighted by Crippen LogP contribution is -2.53. The predicted molar refractivity (Wildman–Crippen MR) is 103 cm³/mol. The Morgan fingerprint density at radius 3 is 2.37 bits per heavy atom. The van der Waals surface area contributed by atoms with Gasteiger partial charge >= 0.3 is 5.97 Å². The SMILES string of the molecule is CCOC(=O)C1CCN(C(=O)C(NC(=O)c2ccccc2C)C(C)C)CC1. The Kier molecular flexibility index (Phi) is 7.39. The first kappa shape index (κ1) is 20.9. The largest absolute Gasteiger partial charge is 0.466 e. The zero-order valence-corrected chi connectivity index (χ0v) is 16.7. The molecule has 1 aromatic rings. The number of hydrogen-bond donors (Lipinski definition) is 1. The molecule has 6 heteroatoms. The number of benzene rings is 1. The molecule has 1 fully saturated rings. The van der Waals surface area contributed by atoms with Crippen molar-refractivity contribution in [3.05, 3.63) is 35.4 Å². The molecule has 1 saturated heterocycles. The van der Waals surface area contributed by atoms with Gasteiger partial charge in [0.15, 0.2) is 0 Å². The van der Waals surface area contributed by atoms with Gasteiger partial charge in [-0.05, 0) is 44.2 Å². The minimum absolute atomic E-state index is 0.0340. The van der Waals surface area contributed by atoms with Crippen LogP contribution in [0.1, 0.15) is 49.5 Å². The Hall–Kier alpha value is -2.37. The average molecular weight is 374 g/mol. The number of aryl methyl sites for hydroxylation is 1. The van der Waals surface area contributed by atoms with Gasteiger partial charge in [-0.3, -0.25) is 14.4 Å². The van der Waals surface area contributed by atoms with Crippen LogP contribution in [0.3, 0.4) is 0 Å². The number of ether oxygens (including phenoxy) is 1. The van der Waals surface area contributed by atoms with Crippen LogP contribution >= 0.6 is 0 Å². The summed E-state index contributed by atoms with van der Waals surface area (Å²) in [5.74, 6) is -0.685. The first-order valence-corrected chi connectivity index (χ1v) is 9.67. The molecule has 6 nitrogen and oxygen atoms in total. The minimum Gasteiger partial charge on any atom is -0.466 e. The van der Waals surface area contributed by atoms with Crippen molar-refractivity contribution in [1.82, 2.24) is 10.2 Å². The number of carbonyl (C=O) groups excluding carboxylic acids is 3. The second kappa shape index (κ2) is 9.53. The average Bonchev–Trinajstić information content (AvgIpc) is 2.66. The van der Waals surface area contributed by atoms with Crippen LogP contribution < -0.4 is 5.32 Å². The number of hydrogen-bond acceptors (Lipinski definition) is 4. The highest BCUT2D eigenvalue weighted by Crippen LogP contribution is 2.20. The molecule has 1 heterocycles. The Morgan fingerprint density at radius 2 is 1.81 bits per heavy atom. The van der Waals surface area contributed by atoms with Gasteiger partial charge in [0.25, 0.3) is 5.91 Å². The van der Waals surface area contributed by atoms with Crippen molar-refractivity contribution in [3.8, 4) is 0 Å². The fraction of sp³-hybridized carbons (Fsp3) is 0.571. The van der Waals surface area contributed by atoms with Gasteiger partial charge in [0.2, 0.25) is 5.91 Å². The van der Waals surface area contributed by atoms with Crippen LogP contribution in [0.5, 0.6) is 0 Å². The number of amides is 2. The van der Waals surface area contributed by atoms with Crippen LogP contribution in [0.4, 0.5) is 0 Å². The first-order valence-electron chi connectivity index (χ1n) is 9.67. The maximum atomic E-state index is 13.0. The molecule has 27 heavy (non-hydrogen) atoms. The van der Waals surface area contributed by atoms with E-state index < -0.39 is 6.04 Å². The van der Waals surface area contributed by atoms with E-state index in [0.717, 1.165) is 5.56 Å². The number of carbonyl (C=O) groups is 3. The van der Waals surface area contributed by atoms with Gasteiger partial charge in [0.1, 0.15) is 6.04 Å². The van der Waals surface area contributed by atoms with Crippen LogP contribution in [0.25, 0.3) is 0 Å². The van der Waals surface area contributed by atoms with E-state index in [1.165, 1.54) is 0 Å². The van der Waals surface area contributed by atoms with Crippen LogP contribution in [-0.2, 0) is 14.3 Å². The van der Waals surface area contributed by atoms with Crippen molar-refractivity contribution < 1.29 is 19.1 Å². The van der Waals surface area contributed by atoms with Crippen molar-refractivity contribution in [2.45, 2.75) is 46.6 Å². The standard InChI is InChI=1S/C21H30N2O4/c1-5-27-21(26)16-10-12-23(13-11-16)20(25)18(14(2)3)22-19(24)17-9-7-6-8-15(17)4/h6-9,14,16,18H,5,10-13H2,1-4H3,(H,22,24). The molecule has 1 unspecified atom stereocenters. The fourth-order valence-corrected chi connectivity index (χ4v) is 3.35. The summed E-state index contributed by atoms with van der Waals surface area (Å²) < 4.78 is 5.08. The number of nitrogens with one attached hydrogen (secondary N) is 1. The quantitative estimate of drug-likeness (QED) is 0.777. The minimum atomic E-state index is -0.587. The number of rotatable bonds is 6. The van der Waals surface area contributed by atoms with Crippen molar-refractivity contribution in [1.29, 1.82) is 0 Å². The summed E-state index contributed by atoms with van der Waals surface area (Å²) in [7, 11) is 0. The number of piperidine rings is 1. The van der Waals surface area contributed by atoms with Crippen molar-refractivity contribution in [3.63, 3.8) is 0 Å². The summed E-state index contributed by atoms with van der Waals surface area (Å²) in [5, 5.41) is 2.90. The van der Waals surface area contributed by atoms with Gasteiger partial charge in [-0.1, -0.05) is 32.0 Å². The van der Waals surface area contributed by atoms with Gasteiger partial charge in [-0.15, -0.1) is 0 Å². The summed E-state index contributed by atoms with van der Waals surface area (Å²) in [6.45, 7) is 8.90. The highest BCUT2D eigenvalue weighted by molar-refractivity contribution is 5.98. The summed E-state index contributed by atoms with van der Waals surface area (Å²) in [4.78, 5) is 39.2. The molecule has 148 valence electrons. The molecule has 1 atom stereocenters. The molecule has 1 aliphatic rings. The molecule has 1 N–H and O–H groups in total. The number of esters is 1. The van der Waals surface area contributed by atoms with E-state index in [9.17, 15) is 14.4 Å². The third kappa shape index (κ3) is 5.31. The van der Waals surface area contributed by atoms with Crippen LogP contribution in [0, 0.1) is 18.8 Å². The van der Waals surface area contributed by atoms with E-state index >= 15 is 0 Å². The summed E-state index contributed by atoms with van der Waals surface area (Å²) in [6.07, 6.45) is 1.20. The molecular weight excluding hydrogens is 344 g/mol. The monoisotopic (exact) mass is 374 g/mol. The second-order valence-electron chi connectivity index (χ2n) is 7.36. The topological polar surface area (TPSA) is 75.7 Å². The molecule has 2 amide bonds. The van der Waals surface area contributed by atoms with E-state index in [4.69, 9.17) is 4.74 Å². The highest BCUT2D eigenvalue weighted by Gasteiger charge is 2.33. The third-order valence-corrected chi connectivity index (χ3v) is 5.04. The molecule has 0 bridgehead atoms. The first-order chi connectivity index (χ1) is 12.8. The number of likely N-dealkylation sites (tertiary alicyclic amines) is 1.